The first-order chi connectivity index (χ1) is 25.8. The van der Waals surface area contributed by atoms with Crippen LogP contribution in [0.15, 0.2) is 118 Å². The lowest BCUT2D eigenvalue weighted by atomic mass is 10.1. The fraction of sp³-hybridized carbons (Fsp3) is 0.171. The summed E-state index contributed by atoms with van der Waals surface area (Å²) in [5.74, 6) is -0.792. The number of benzene rings is 4. The summed E-state index contributed by atoms with van der Waals surface area (Å²) >= 11 is 1.65. The lowest BCUT2D eigenvalue weighted by Gasteiger charge is -2.22. The van der Waals surface area contributed by atoms with Crippen LogP contribution >= 0.6 is 11.3 Å². The molecule has 7 aromatic rings. The van der Waals surface area contributed by atoms with Crippen molar-refractivity contribution in [2.45, 2.75) is 19.5 Å². The smallest absolute Gasteiger partial charge is 0.291 e. The van der Waals surface area contributed by atoms with Crippen molar-refractivity contribution in [2.75, 3.05) is 31.4 Å². The molecule has 2 N–H and O–H groups in total. The van der Waals surface area contributed by atoms with E-state index in [1.165, 1.54) is 47.7 Å². The molecule has 12 heteroatoms. The Morgan fingerprint density at radius 1 is 0.868 bits per heavy atom. The third-order valence-electron chi connectivity index (χ3n) is 9.03. The third-order valence-corrected chi connectivity index (χ3v) is 9.79. The van der Waals surface area contributed by atoms with Crippen LogP contribution in [0.3, 0.4) is 0 Å². The molecule has 3 aromatic heterocycles. The molecule has 0 unspecified atom stereocenters. The molecule has 268 valence electrons. The second-order valence-corrected chi connectivity index (χ2v) is 13.5. The second-order valence-electron chi connectivity index (χ2n) is 12.6. The van der Waals surface area contributed by atoms with Gasteiger partial charge in [0.05, 0.1) is 36.4 Å². The fourth-order valence-electron chi connectivity index (χ4n) is 6.23. The first-order valence-electron chi connectivity index (χ1n) is 16.9. The number of rotatable bonds is 13. The number of nitrogens with one attached hydrogen (secondary N) is 2. The molecule has 0 saturated heterocycles. The monoisotopic (exact) mass is 727 g/mol. The Morgan fingerprint density at radius 3 is 2.42 bits per heavy atom. The van der Waals surface area contributed by atoms with Crippen LogP contribution in [0.2, 0.25) is 0 Å². The molecule has 53 heavy (non-hydrogen) atoms. The summed E-state index contributed by atoms with van der Waals surface area (Å²) < 4.78 is 18.7. The van der Waals surface area contributed by atoms with Gasteiger partial charge in [-0.15, -0.1) is 11.3 Å². The van der Waals surface area contributed by atoms with Crippen LogP contribution in [-0.2, 0) is 26.6 Å². The van der Waals surface area contributed by atoms with Crippen molar-refractivity contribution in [3.63, 3.8) is 0 Å². The predicted molar refractivity (Wildman–Crippen MR) is 207 cm³/mol. The molecule has 0 atom stereocenters. The van der Waals surface area contributed by atoms with Crippen LogP contribution in [0.25, 0.3) is 21.9 Å². The van der Waals surface area contributed by atoms with Crippen LogP contribution in [0, 0.1) is 0 Å². The van der Waals surface area contributed by atoms with Crippen LogP contribution in [0.4, 0.5) is 11.4 Å². The second kappa shape index (κ2) is 15.6. The standard InChI is InChI=1S/C41H37N5O6S/c1-45-16-15-28-11-8-27(18-34(28)45)23-46(24-30-22-42-25-53-30)17-14-26-9-12-29(13-10-26)43-40(48)32-19-37(50-2)38(51-3)20-33(32)44-41(49)39-21-35(47)31-6-4-5-7-36(31)52-39/h4-13,15-16,18-22,25H,14,17,23-24H2,1-3H3,(H,43,48)(H,44,49). The quantitative estimate of drug-likeness (QED) is 0.125. The number of aryl methyl sites for hydroxylation is 1. The number of carbonyl (C=O) groups is 2. The summed E-state index contributed by atoms with van der Waals surface area (Å²) in [7, 11) is 4.97. The van der Waals surface area contributed by atoms with E-state index in [0.717, 1.165) is 37.7 Å². The van der Waals surface area contributed by atoms with Gasteiger partial charge in [0.15, 0.2) is 22.7 Å². The normalized spacial score (nSPS) is 11.2. The van der Waals surface area contributed by atoms with E-state index in [1.54, 1.807) is 35.6 Å². The van der Waals surface area contributed by atoms with E-state index in [4.69, 9.17) is 13.9 Å². The van der Waals surface area contributed by atoms with Crippen LogP contribution in [0.5, 0.6) is 11.5 Å². The van der Waals surface area contributed by atoms with E-state index in [0.29, 0.717) is 22.6 Å². The maximum Gasteiger partial charge on any atom is 0.291 e. The van der Waals surface area contributed by atoms with Crippen molar-refractivity contribution < 1.29 is 23.5 Å². The van der Waals surface area contributed by atoms with Gasteiger partial charge in [-0.05, 0) is 65.4 Å². The molecule has 0 aliphatic carbocycles. The minimum Gasteiger partial charge on any atom is -0.493 e. The zero-order chi connectivity index (χ0) is 36.9. The van der Waals surface area contributed by atoms with Crippen molar-refractivity contribution in [1.82, 2.24) is 14.5 Å². The van der Waals surface area contributed by atoms with Crippen LogP contribution in [-0.4, -0.2) is 47.0 Å². The topological polar surface area (TPSA) is 128 Å². The van der Waals surface area contributed by atoms with E-state index < -0.39 is 11.8 Å². The van der Waals surface area contributed by atoms with Gasteiger partial charge in [0, 0.05) is 67.3 Å². The number of para-hydroxylation sites is 1. The molecule has 0 radical (unpaired) electrons. The molecule has 4 aromatic carbocycles. The van der Waals surface area contributed by atoms with Gasteiger partial charge in [0.1, 0.15) is 5.58 Å². The van der Waals surface area contributed by atoms with E-state index in [-0.39, 0.29) is 28.0 Å². The number of hydrogen-bond acceptors (Lipinski definition) is 9. The molecule has 0 bridgehead atoms. The summed E-state index contributed by atoms with van der Waals surface area (Å²) in [5.41, 5.74) is 6.18. The van der Waals surface area contributed by atoms with Crippen molar-refractivity contribution in [3.05, 3.63) is 146 Å². The highest BCUT2D eigenvalue weighted by Crippen LogP contribution is 2.34. The number of hydrogen-bond donors (Lipinski definition) is 2. The molecule has 0 aliphatic heterocycles. The summed E-state index contributed by atoms with van der Waals surface area (Å²) in [6.45, 7) is 2.41. The lowest BCUT2D eigenvalue weighted by Crippen LogP contribution is -2.25. The van der Waals surface area contributed by atoms with E-state index >= 15 is 0 Å². The Morgan fingerprint density at radius 2 is 1.64 bits per heavy atom. The molecule has 0 aliphatic rings. The minimum atomic E-state index is -0.705. The maximum atomic E-state index is 13.7. The molecule has 0 fully saturated rings. The summed E-state index contributed by atoms with van der Waals surface area (Å²) in [6.07, 6.45) is 4.80. The van der Waals surface area contributed by atoms with E-state index in [1.807, 2.05) is 36.0 Å². The Labute approximate surface area is 309 Å². The molecular formula is C41H37N5O6S. The van der Waals surface area contributed by atoms with Crippen molar-refractivity contribution >= 4 is 56.4 Å². The molecule has 0 spiro atoms. The number of nitrogens with zero attached hydrogens (tertiary/aromatic N) is 3. The third kappa shape index (κ3) is 7.98. The summed E-state index contributed by atoms with van der Waals surface area (Å²) in [4.78, 5) is 47.6. The number of ether oxygens (including phenoxy) is 2. The van der Waals surface area contributed by atoms with Gasteiger partial charge in [-0.2, -0.15) is 0 Å². The number of methoxy groups -OCH3 is 2. The molecule has 0 saturated carbocycles. The zero-order valence-electron chi connectivity index (χ0n) is 29.4. The van der Waals surface area contributed by atoms with Gasteiger partial charge in [0.2, 0.25) is 0 Å². The van der Waals surface area contributed by atoms with Crippen LogP contribution < -0.4 is 25.5 Å². The number of carbonyl (C=O) groups excluding carboxylic acids is 2. The van der Waals surface area contributed by atoms with Gasteiger partial charge in [-0.3, -0.25) is 24.3 Å². The summed E-state index contributed by atoms with van der Waals surface area (Å²) in [5, 5.41) is 7.22. The average Bonchev–Trinajstić information content (AvgIpc) is 3.83. The van der Waals surface area contributed by atoms with Crippen molar-refractivity contribution in [1.29, 1.82) is 0 Å². The highest BCUT2D eigenvalue weighted by atomic mass is 32.1. The largest absolute Gasteiger partial charge is 0.493 e. The van der Waals surface area contributed by atoms with Gasteiger partial charge in [0.25, 0.3) is 11.8 Å². The first kappa shape index (κ1) is 35.2. The number of aromatic nitrogens is 2. The number of fused-ring (bicyclic) bond motifs is 2. The Hall–Kier alpha value is -6.24. The maximum absolute atomic E-state index is 13.7. The van der Waals surface area contributed by atoms with Gasteiger partial charge < -0.3 is 29.1 Å². The van der Waals surface area contributed by atoms with E-state index in [2.05, 4.69) is 62.6 Å². The first-order valence-corrected chi connectivity index (χ1v) is 17.8. The van der Waals surface area contributed by atoms with Gasteiger partial charge in [-0.1, -0.05) is 36.4 Å². The van der Waals surface area contributed by atoms with E-state index in [9.17, 15) is 14.4 Å². The van der Waals surface area contributed by atoms with Gasteiger partial charge in [-0.25, -0.2) is 0 Å². The molecule has 7 rings (SSSR count). The number of amides is 2. The minimum absolute atomic E-state index is 0.121. The molecule has 2 amide bonds. The number of anilines is 2. The average molecular weight is 728 g/mol. The number of thiazole rings is 1. The highest BCUT2D eigenvalue weighted by Gasteiger charge is 2.21. The molecule has 11 nitrogen and oxygen atoms in total. The Bertz CT molecular complexity index is 2470. The zero-order valence-corrected chi connectivity index (χ0v) is 30.2. The molecular weight excluding hydrogens is 691 g/mol. The lowest BCUT2D eigenvalue weighted by molar-refractivity contribution is 0.0997. The van der Waals surface area contributed by atoms with Crippen LogP contribution in [0.1, 0.15) is 36.9 Å². The SMILES string of the molecule is COc1cc(NC(=O)c2cc(=O)c3ccccc3o2)c(C(=O)Nc2ccc(CCN(Cc3ccc4ccn(C)c4c3)Cc3cncs3)cc2)cc1OC. The van der Waals surface area contributed by atoms with Crippen molar-refractivity contribution in [3.8, 4) is 11.5 Å². The Kier molecular flexibility index (Phi) is 10.3. The summed E-state index contributed by atoms with van der Waals surface area (Å²) in [6, 6.07) is 27.2. The van der Waals surface area contributed by atoms with Crippen molar-refractivity contribution in [2.24, 2.45) is 7.05 Å². The molecule has 3 heterocycles. The van der Waals surface area contributed by atoms with Gasteiger partial charge >= 0.3 is 0 Å². The Balaban J connectivity index is 1.05. The fourth-order valence-corrected chi connectivity index (χ4v) is 6.87. The predicted octanol–water partition coefficient (Wildman–Crippen LogP) is 7.51. The highest BCUT2D eigenvalue weighted by molar-refractivity contribution is 7.09.